The van der Waals surface area contributed by atoms with Crippen LogP contribution in [0.5, 0.6) is 0 Å². The van der Waals surface area contributed by atoms with E-state index in [1.807, 2.05) is 0 Å². The van der Waals surface area contributed by atoms with E-state index in [1.165, 1.54) is 18.4 Å². The van der Waals surface area contributed by atoms with Crippen molar-refractivity contribution < 1.29 is 18.0 Å². The first kappa shape index (κ1) is 18.8. The SMILES string of the molecule is CNC(=O)NC(=O)CCN1CCC(NS(=O)(=O)c2cccs2)CC1. The van der Waals surface area contributed by atoms with Crippen molar-refractivity contribution in [1.82, 2.24) is 20.3 Å². The molecule has 0 aromatic carbocycles. The zero-order valence-corrected chi connectivity index (χ0v) is 15.1. The molecule has 0 unspecified atom stereocenters. The van der Waals surface area contributed by atoms with Crippen LogP contribution in [0.25, 0.3) is 0 Å². The molecule has 8 nitrogen and oxygen atoms in total. The monoisotopic (exact) mass is 374 g/mol. The van der Waals surface area contributed by atoms with E-state index in [0.29, 0.717) is 36.7 Å². The standard InChI is InChI=1S/C14H22N4O4S2/c1-15-14(20)16-12(19)6-9-18-7-4-11(5-8-18)17-24(21,22)13-3-2-10-23-13/h2-3,10-11,17H,4-9H2,1H3,(H2,15,16,19,20). The van der Waals surface area contributed by atoms with Crippen LogP contribution in [0.4, 0.5) is 4.79 Å². The summed E-state index contributed by atoms with van der Waals surface area (Å²) >= 11 is 1.20. The van der Waals surface area contributed by atoms with Gasteiger partial charge in [0.1, 0.15) is 4.21 Å². The number of imide groups is 1. The van der Waals surface area contributed by atoms with Gasteiger partial charge in [-0.1, -0.05) is 6.07 Å². The third-order valence-electron chi connectivity index (χ3n) is 3.80. The Hall–Kier alpha value is -1.49. The molecule has 0 radical (unpaired) electrons. The summed E-state index contributed by atoms with van der Waals surface area (Å²) in [6.45, 7) is 1.98. The van der Waals surface area contributed by atoms with Crippen molar-refractivity contribution in [3.8, 4) is 0 Å². The summed E-state index contributed by atoms with van der Waals surface area (Å²) in [6.07, 6.45) is 1.63. The second-order valence-corrected chi connectivity index (χ2v) is 8.44. The lowest BCUT2D eigenvalue weighted by Crippen LogP contribution is -2.45. The number of likely N-dealkylation sites (tertiary alicyclic amines) is 1. The summed E-state index contributed by atoms with van der Waals surface area (Å²) < 4.78 is 27.4. The zero-order chi connectivity index (χ0) is 17.6. The van der Waals surface area contributed by atoms with Gasteiger partial charge in [0, 0.05) is 26.1 Å². The molecule has 1 fully saturated rings. The zero-order valence-electron chi connectivity index (χ0n) is 13.4. The Labute approximate surface area is 145 Å². The minimum atomic E-state index is -3.43. The Bertz CT molecular complexity index is 652. The highest BCUT2D eigenvalue weighted by Crippen LogP contribution is 2.18. The number of sulfonamides is 1. The number of hydrogen-bond donors (Lipinski definition) is 3. The molecule has 2 heterocycles. The van der Waals surface area contributed by atoms with Crippen LogP contribution in [0.3, 0.4) is 0 Å². The predicted molar refractivity (Wildman–Crippen MR) is 91.3 cm³/mol. The van der Waals surface area contributed by atoms with E-state index < -0.39 is 16.1 Å². The van der Waals surface area contributed by atoms with Crippen LogP contribution in [-0.2, 0) is 14.8 Å². The Kier molecular flexibility index (Phi) is 6.72. The second-order valence-electron chi connectivity index (χ2n) is 5.55. The second kappa shape index (κ2) is 8.56. The van der Waals surface area contributed by atoms with E-state index in [4.69, 9.17) is 0 Å². The van der Waals surface area contributed by atoms with Crippen LogP contribution in [0.1, 0.15) is 19.3 Å². The molecule has 1 aliphatic heterocycles. The van der Waals surface area contributed by atoms with Gasteiger partial charge < -0.3 is 10.2 Å². The molecule has 24 heavy (non-hydrogen) atoms. The van der Waals surface area contributed by atoms with Gasteiger partial charge in [0.2, 0.25) is 15.9 Å². The largest absolute Gasteiger partial charge is 0.341 e. The molecule has 0 atom stereocenters. The van der Waals surface area contributed by atoms with Crippen LogP contribution >= 0.6 is 11.3 Å². The van der Waals surface area contributed by atoms with E-state index in [1.54, 1.807) is 17.5 Å². The lowest BCUT2D eigenvalue weighted by Gasteiger charge is -2.31. The Morgan fingerprint density at radius 2 is 2.04 bits per heavy atom. The van der Waals surface area contributed by atoms with Gasteiger partial charge in [0.15, 0.2) is 0 Å². The van der Waals surface area contributed by atoms with Gasteiger partial charge in [-0.2, -0.15) is 0 Å². The van der Waals surface area contributed by atoms with Crippen molar-refractivity contribution in [2.24, 2.45) is 0 Å². The summed E-state index contributed by atoms with van der Waals surface area (Å²) in [5.41, 5.74) is 0. The maximum Gasteiger partial charge on any atom is 0.321 e. The molecule has 1 aliphatic rings. The topological polar surface area (TPSA) is 108 Å². The van der Waals surface area contributed by atoms with Gasteiger partial charge in [0.05, 0.1) is 0 Å². The maximum absolute atomic E-state index is 12.2. The summed E-state index contributed by atoms with van der Waals surface area (Å²) in [4.78, 5) is 24.7. The fourth-order valence-electron chi connectivity index (χ4n) is 2.48. The van der Waals surface area contributed by atoms with Crippen LogP contribution in [0.15, 0.2) is 21.7 Å². The molecule has 1 saturated heterocycles. The number of nitrogens with one attached hydrogen (secondary N) is 3. The van der Waals surface area contributed by atoms with E-state index in [0.717, 1.165) is 0 Å². The van der Waals surface area contributed by atoms with E-state index in [-0.39, 0.29) is 18.4 Å². The van der Waals surface area contributed by atoms with Crippen molar-refractivity contribution >= 4 is 33.3 Å². The van der Waals surface area contributed by atoms with Crippen LogP contribution < -0.4 is 15.4 Å². The first-order chi connectivity index (χ1) is 11.4. The molecule has 0 bridgehead atoms. The molecule has 3 N–H and O–H groups in total. The third-order valence-corrected chi connectivity index (χ3v) is 6.72. The molecule has 0 spiro atoms. The maximum atomic E-state index is 12.2. The number of amides is 3. The number of carbonyl (C=O) groups is 2. The average molecular weight is 374 g/mol. The number of carbonyl (C=O) groups excluding carboxylic acids is 2. The minimum absolute atomic E-state index is 0.0898. The van der Waals surface area contributed by atoms with Crippen molar-refractivity contribution in [3.63, 3.8) is 0 Å². The van der Waals surface area contributed by atoms with E-state index in [2.05, 4.69) is 20.3 Å². The normalized spacial score (nSPS) is 16.7. The molecule has 10 heteroatoms. The van der Waals surface area contributed by atoms with Gasteiger partial charge in [-0.05, 0) is 37.4 Å². The Morgan fingerprint density at radius 1 is 1.33 bits per heavy atom. The molecule has 1 aromatic heterocycles. The van der Waals surface area contributed by atoms with Crippen molar-refractivity contribution in [2.75, 3.05) is 26.7 Å². The number of urea groups is 1. The number of thiophene rings is 1. The quantitative estimate of drug-likeness (QED) is 0.665. The third kappa shape index (κ3) is 5.55. The molecule has 3 amide bonds. The van der Waals surface area contributed by atoms with Gasteiger partial charge in [-0.3, -0.25) is 10.1 Å². The predicted octanol–water partition coefficient (Wildman–Crippen LogP) is 0.337. The molecular formula is C14H22N4O4S2. The van der Waals surface area contributed by atoms with Gasteiger partial charge in [-0.25, -0.2) is 17.9 Å². The summed E-state index contributed by atoms with van der Waals surface area (Å²) in [6, 6.07) is 2.70. The average Bonchev–Trinajstić information content (AvgIpc) is 3.09. The van der Waals surface area contributed by atoms with Gasteiger partial charge >= 0.3 is 6.03 Å². The highest BCUT2D eigenvalue weighted by atomic mass is 32.2. The number of hydrogen-bond acceptors (Lipinski definition) is 6. The minimum Gasteiger partial charge on any atom is -0.341 e. The highest BCUT2D eigenvalue weighted by Gasteiger charge is 2.25. The van der Waals surface area contributed by atoms with Gasteiger partial charge in [-0.15, -0.1) is 11.3 Å². The van der Waals surface area contributed by atoms with Crippen molar-refractivity contribution in [2.45, 2.75) is 29.5 Å². The Balaban J connectivity index is 1.72. The van der Waals surface area contributed by atoms with E-state index >= 15 is 0 Å². The molecular weight excluding hydrogens is 352 g/mol. The lowest BCUT2D eigenvalue weighted by atomic mass is 10.1. The van der Waals surface area contributed by atoms with Crippen molar-refractivity contribution in [3.05, 3.63) is 17.5 Å². The lowest BCUT2D eigenvalue weighted by molar-refractivity contribution is -0.120. The molecule has 0 aliphatic carbocycles. The first-order valence-electron chi connectivity index (χ1n) is 7.70. The van der Waals surface area contributed by atoms with Crippen LogP contribution in [0, 0.1) is 0 Å². The molecule has 0 saturated carbocycles. The van der Waals surface area contributed by atoms with Crippen molar-refractivity contribution in [1.29, 1.82) is 0 Å². The summed E-state index contributed by atoms with van der Waals surface area (Å²) in [5.74, 6) is -0.324. The fourth-order valence-corrected chi connectivity index (χ4v) is 4.79. The number of rotatable bonds is 6. The highest BCUT2D eigenvalue weighted by molar-refractivity contribution is 7.91. The summed E-state index contributed by atoms with van der Waals surface area (Å²) in [7, 11) is -1.99. The molecule has 1 aromatic rings. The smallest absolute Gasteiger partial charge is 0.321 e. The summed E-state index contributed by atoms with van der Waals surface area (Å²) in [5, 5.41) is 6.28. The number of nitrogens with zero attached hydrogens (tertiary/aromatic N) is 1. The van der Waals surface area contributed by atoms with Gasteiger partial charge in [0.25, 0.3) is 0 Å². The Morgan fingerprint density at radius 3 is 2.62 bits per heavy atom. The van der Waals surface area contributed by atoms with Crippen LogP contribution in [0.2, 0.25) is 0 Å². The fraction of sp³-hybridized carbons (Fsp3) is 0.571. The molecule has 134 valence electrons. The van der Waals surface area contributed by atoms with Crippen LogP contribution in [-0.4, -0.2) is 58.0 Å². The first-order valence-corrected chi connectivity index (χ1v) is 10.1. The molecule has 2 rings (SSSR count). The number of piperidine rings is 1. The van der Waals surface area contributed by atoms with E-state index in [9.17, 15) is 18.0 Å².